The summed E-state index contributed by atoms with van der Waals surface area (Å²) in [7, 11) is 1.62. The average Bonchev–Trinajstić information content (AvgIpc) is 2.09. The molecule has 0 fully saturated rings. The summed E-state index contributed by atoms with van der Waals surface area (Å²) in [6, 6.07) is 3.63. The van der Waals surface area contributed by atoms with E-state index in [2.05, 4.69) is 22.6 Å². The second kappa shape index (κ2) is 4.53. The van der Waals surface area contributed by atoms with E-state index in [4.69, 9.17) is 27.9 Å². The van der Waals surface area contributed by atoms with Gasteiger partial charge in [-0.1, -0.05) is 11.6 Å². The summed E-state index contributed by atoms with van der Waals surface area (Å²) in [4.78, 5) is 0. The second-order valence-corrected chi connectivity index (χ2v) is 3.93. The van der Waals surface area contributed by atoms with Gasteiger partial charge in [-0.3, -0.25) is 0 Å². The van der Waals surface area contributed by atoms with Crippen LogP contribution in [0.3, 0.4) is 0 Å². The third-order valence-electron chi connectivity index (χ3n) is 1.51. The van der Waals surface area contributed by atoms with Gasteiger partial charge in [0, 0.05) is 9.13 Å². The summed E-state index contributed by atoms with van der Waals surface area (Å²) < 4.78 is 6.09. The summed E-state index contributed by atoms with van der Waals surface area (Å²) >= 11 is 13.8. The zero-order valence-corrected chi connectivity index (χ0v) is 10.1. The molecule has 0 saturated heterocycles. The Morgan fingerprint density at radius 2 is 2.17 bits per heavy atom. The minimum Gasteiger partial charge on any atom is -0.496 e. The lowest BCUT2D eigenvalue weighted by Crippen LogP contribution is -1.92. The van der Waals surface area contributed by atoms with Gasteiger partial charge >= 0.3 is 0 Å². The summed E-state index contributed by atoms with van der Waals surface area (Å²) in [5, 5.41) is 0.715. The van der Waals surface area contributed by atoms with E-state index in [0.717, 1.165) is 14.9 Å². The van der Waals surface area contributed by atoms with Crippen molar-refractivity contribution in [2.75, 3.05) is 7.11 Å². The quantitative estimate of drug-likeness (QED) is 0.597. The van der Waals surface area contributed by atoms with E-state index in [1.165, 1.54) is 0 Å². The predicted molar refractivity (Wildman–Crippen MR) is 60.3 cm³/mol. The maximum absolute atomic E-state index is 5.90. The van der Waals surface area contributed by atoms with E-state index < -0.39 is 0 Å². The molecule has 0 aliphatic heterocycles. The Hall–Kier alpha value is 0.330. The largest absolute Gasteiger partial charge is 0.496 e. The molecular weight excluding hydrogens is 310 g/mol. The molecule has 0 aromatic heterocycles. The van der Waals surface area contributed by atoms with E-state index in [1.54, 1.807) is 13.2 Å². The first-order valence-electron chi connectivity index (χ1n) is 3.27. The number of rotatable bonds is 2. The molecule has 1 nitrogen and oxygen atoms in total. The number of benzene rings is 1. The van der Waals surface area contributed by atoms with E-state index in [9.17, 15) is 0 Å². The molecule has 0 bridgehead atoms. The molecule has 0 saturated carbocycles. The van der Waals surface area contributed by atoms with Crippen molar-refractivity contribution in [3.8, 4) is 5.75 Å². The number of hydrogen-bond acceptors (Lipinski definition) is 1. The minimum atomic E-state index is 0.419. The first-order valence-corrected chi connectivity index (χ1v) is 5.26. The van der Waals surface area contributed by atoms with E-state index in [-0.39, 0.29) is 0 Å². The topological polar surface area (TPSA) is 9.23 Å². The smallest absolute Gasteiger partial charge is 0.124 e. The zero-order chi connectivity index (χ0) is 9.14. The van der Waals surface area contributed by atoms with E-state index in [0.29, 0.717) is 10.9 Å². The molecule has 0 N–H and O–H groups in total. The molecule has 66 valence electrons. The SMILES string of the molecule is COc1ccc(Cl)c(I)c1CCl. The molecule has 0 atom stereocenters. The molecule has 0 aliphatic rings. The van der Waals surface area contributed by atoms with Crippen molar-refractivity contribution in [2.45, 2.75) is 5.88 Å². The first-order chi connectivity index (χ1) is 5.70. The fraction of sp³-hybridized carbons (Fsp3) is 0.250. The van der Waals surface area contributed by atoms with Crippen LogP contribution < -0.4 is 4.74 Å². The minimum absolute atomic E-state index is 0.419. The van der Waals surface area contributed by atoms with Crippen molar-refractivity contribution in [2.24, 2.45) is 0 Å². The molecule has 0 aliphatic carbocycles. The van der Waals surface area contributed by atoms with Crippen LogP contribution in [0.15, 0.2) is 12.1 Å². The average molecular weight is 317 g/mol. The highest BCUT2D eigenvalue weighted by atomic mass is 127. The fourth-order valence-electron chi connectivity index (χ4n) is 0.891. The van der Waals surface area contributed by atoms with Crippen molar-refractivity contribution in [3.63, 3.8) is 0 Å². The lowest BCUT2D eigenvalue weighted by Gasteiger charge is -2.08. The van der Waals surface area contributed by atoms with Crippen LogP contribution in [0.4, 0.5) is 0 Å². The molecule has 0 radical (unpaired) electrons. The van der Waals surface area contributed by atoms with Crippen LogP contribution in [-0.4, -0.2) is 7.11 Å². The van der Waals surface area contributed by atoms with Gasteiger partial charge in [-0.05, 0) is 34.7 Å². The molecule has 0 amide bonds. The summed E-state index contributed by atoms with van der Waals surface area (Å²) in [5.41, 5.74) is 0.951. The predicted octanol–water partition coefficient (Wildman–Crippen LogP) is 3.69. The Morgan fingerprint density at radius 3 is 2.67 bits per heavy atom. The molecular formula is C8H7Cl2IO. The van der Waals surface area contributed by atoms with E-state index >= 15 is 0 Å². The molecule has 0 unspecified atom stereocenters. The van der Waals surface area contributed by atoms with Crippen LogP contribution >= 0.6 is 45.8 Å². The van der Waals surface area contributed by atoms with Crippen LogP contribution in [0.2, 0.25) is 5.02 Å². The standard InChI is InChI=1S/C8H7Cl2IO/c1-12-7-3-2-6(10)8(11)5(7)4-9/h2-3H,4H2,1H3. The van der Waals surface area contributed by atoms with Crippen molar-refractivity contribution >= 4 is 45.8 Å². The number of halogens is 3. The second-order valence-electron chi connectivity index (χ2n) is 2.18. The van der Waals surface area contributed by atoms with Crippen molar-refractivity contribution in [3.05, 3.63) is 26.3 Å². The number of alkyl halides is 1. The maximum atomic E-state index is 5.90. The van der Waals surface area contributed by atoms with Gasteiger partial charge in [0.1, 0.15) is 5.75 Å². The van der Waals surface area contributed by atoms with Gasteiger partial charge in [0.15, 0.2) is 0 Å². The van der Waals surface area contributed by atoms with Crippen LogP contribution in [0.25, 0.3) is 0 Å². The van der Waals surface area contributed by atoms with Gasteiger partial charge in [0.05, 0.1) is 18.0 Å². The molecule has 0 heterocycles. The van der Waals surface area contributed by atoms with E-state index in [1.807, 2.05) is 6.07 Å². The van der Waals surface area contributed by atoms with Crippen molar-refractivity contribution < 1.29 is 4.74 Å². The summed E-state index contributed by atoms with van der Waals surface area (Å²) in [6.45, 7) is 0. The van der Waals surface area contributed by atoms with Gasteiger partial charge in [0.2, 0.25) is 0 Å². The Kier molecular flexibility index (Phi) is 3.93. The fourth-order valence-corrected chi connectivity index (χ4v) is 2.19. The number of methoxy groups -OCH3 is 1. The molecule has 1 rings (SSSR count). The van der Waals surface area contributed by atoms with Crippen LogP contribution in [0, 0.1) is 3.57 Å². The van der Waals surface area contributed by atoms with Crippen LogP contribution in [-0.2, 0) is 5.88 Å². The van der Waals surface area contributed by atoms with Crippen LogP contribution in [0.5, 0.6) is 5.75 Å². The number of ether oxygens (including phenoxy) is 1. The Labute approximate surface area is 95.1 Å². The first kappa shape index (κ1) is 10.4. The molecule has 4 heteroatoms. The molecule has 1 aromatic carbocycles. The Bertz CT molecular complexity index is 289. The van der Waals surface area contributed by atoms with Gasteiger partial charge in [-0.2, -0.15) is 0 Å². The highest BCUT2D eigenvalue weighted by Crippen LogP contribution is 2.30. The van der Waals surface area contributed by atoms with Gasteiger partial charge in [-0.25, -0.2) is 0 Å². The third-order valence-corrected chi connectivity index (χ3v) is 3.64. The molecule has 0 spiro atoms. The number of hydrogen-bond donors (Lipinski definition) is 0. The third kappa shape index (κ3) is 1.98. The van der Waals surface area contributed by atoms with Gasteiger partial charge in [-0.15, -0.1) is 11.6 Å². The van der Waals surface area contributed by atoms with Gasteiger partial charge in [0.25, 0.3) is 0 Å². The molecule has 12 heavy (non-hydrogen) atoms. The Balaban J connectivity index is 3.25. The lowest BCUT2D eigenvalue weighted by molar-refractivity contribution is 0.411. The summed E-state index contributed by atoms with van der Waals surface area (Å²) in [6.07, 6.45) is 0. The van der Waals surface area contributed by atoms with Crippen LogP contribution in [0.1, 0.15) is 5.56 Å². The highest BCUT2D eigenvalue weighted by Gasteiger charge is 2.08. The van der Waals surface area contributed by atoms with Crippen molar-refractivity contribution in [1.29, 1.82) is 0 Å². The van der Waals surface area contributed by atoms with Gasteiger partial charge < -0.3 is 4.74 Å². The Morgan fingerprint density at radius 1 is 1.50 bits per heavy atom. The normalized spacial score (nSPS) is 10.0. The highest BCUT2D eigenvalue weighted by molar-refractivity contribution is 14.1. The monoisotopic (exact) mass is 316 g/mol. The lowest BCUT2D eigenvalue weighted by atomic mass is 10.2. The zero-order valence-electron chi connectivity index (χ0n) is 6.40. The summed E-state index contributed by atoms with van der Waals surface area (Å²) in [5.74, 6) is 1.21. The van der Waals surface area contributed by atoms with Crippen molar-refractivity contribution in [1.82, 2.24) is 0 Å². The molecule has 1 aromatic rings. The maximum Gasteiger partial charge on any atom is 0.124 e.